The summed E-state index contributed by atoms with van der Waals surface area (Å²) >= 11 is 0. The van der Waals surface area contributed by atoms with Gasteiger partial charge in [-0.25, -0.2) is 28.1 Å². The highest BCUT2D eigenvalue weighted by Crippen LogP contribution is 2.28. The first-order valence-electron chi connectivity index (χ1n) is 9.47. The van der Waals surface area contributed by atoms with Gasteiger partial charge in [0.15, 0.2) is 5.82 Å². The lowest BCUT2D eigenvalue weighted by Gasteiger charge is -2.35. The molecule has 10 nitrogen and oxygen atoms in total. The van der Waals surface area contributed by atoms with Crippen molar-refractivity contribution in [3.63, 3.8) is 0 Å². The molecule has 0 saturated carbocycles. The molecule has 2 aromatic heterocycles. The summed E-state index contributed by atoms with van der Waals surface area (Å²) in [5.74, 6) is 2.02. The molecular formula is C19H23N7O3S. The Labute approximate surface area is 175 Å². The van der Waals surface area contributed by atoms with Gasteiger partial charge < -0.3 is 9.64 Å². The number of aromatic nitrogens is 5. The van der Waals surface area contributed by atoms with Crippen LogP contribution in [0.15, 0.2) is 42.1 Å². The van der Waals surface area contributed by atoms with Crippen LogP contribution in [0.2, 0.25) is 0 Å². The first-order chi connectivity index (χ1) is 14.4. The van der Waals surface area contributed by atoms with Crippen LogP contribution in [0.5, 0.6) is 5.75 Å². The molecule has 1 aliphatic heterocycles. The lowest BCUT2D eigenvalue weighted by atomic mass is 10.1. The van der Waals surface area contributed by atoms with Crippen molar-refractivity contribution in [3.05, 3.63) is 48.3 Å². The number of benzene rings is 1. The van der Waals surface area contributed by atoms with Crippen LogP contribution in [0.4, 0.5) is 5.82 Å². The Morgan fingerprint density at radius 1 is 0.933 bits per heavy atom. The van der Waals surface area contributed by atoms with Crippen molar-refractivity contribution in [2.75, 3.05) is 38.2 Å². The van der Waals surface area contributed by atoms with Gasteiger partial charge in [0.2, 0.25) is 10.0 Å². The summed E-state index contributed by atoms with van der Waals surface area (Å²) in [6.45, 7) is 5.43. The van der Waals surface area contributed by atoms with Crippen molar-refractivity contribution in [1.29, 1.82) is 0 Å². The van der Waals surface area contributed by atoms with Crippen LogP contribution in [0.1, 0.15) is 11.1 Å². The maximum Gasteiger partial charge on any atom is 0.243 e. The average molecular weight is 430 g/mol. The van der Waals surface area contributed by atoms with Crippen LogP contribution in [0.25, 0.3) is 5.82 Å². The fourth-order valence-corrected chi connectivity index (χ4v) is 5.23. The molecule has 158 valence electrons. The Morgan fingerprint density at radius 2 is 1.67 bits per heavy atom. The second-order valence-corrected chi connectivity index (χ2v) is 8.96. The molecule has 1 saturated heterocycles. The lowest BCUT2D eigenvalue weighted by molar-refractivity contribution is 0.383. The largest absolute Gasteiger partial charge is 0.496 e. The van der Waals surface area contributed by atoms with E-state index in [1.165, 1.54) is 17.0 Å². The van der Waals surface area contributed by atoms with Gasteiger partial charge in [0.05, 0.1) is 12.0 Å². The molecule has 0 N–H and O–H groups in total. The van der Waals surface area contributed by atoms with Crippen LogP contribution in [-0.4, -0.2) is 70.7 Å². The van der Waals surface area contributed by atoms with Crippen LogP contribution < -0.4 is 9.64 Å². The predicted molar refractivity (Wildman–Crippen MR) is 110 cm³/mol. The molecule has 0 atom stereocenters. The van der Waals surface area contributed by atoms with E-state index < -0.39 is 10.0 Å². The maximum absolute atomic E-state index is 13.2. The molecule has 3 aromatic rings. The summed E-state index contributed by atoms with van der Waals surface area (Å²) in [5, 5.41) is 4.08. The van der Waals surface area contributed by atoms with Gasteiger partial charge in [-0.15, -0.1) is 0 Å². The van der Waals surface area contributed by atoms with Crippen molar-refractivity contribution >= 4 is 15.8 Å². The van der Waals surface area contributed by atoms with Gasteiger partial charge in [0, 0.05) is 32.2 Å². The number of methoxy groups -OCH3 is 1. The van der Waals surface area contributed by atoms with Crippen LogP contribution in [-0.2, 0) is 10.0 Å². The number of hydrogen-bond acceptors (Lipinski definition) is 8. The van der Waals surface area contributed by atoms with Crippen molar-refractivity contribution in [2.24, 2.45) is 0 Å². The van der Waals surface area contributed by atoms with Gasteiger partial charge in [-0.3, -0.25) is 0 Å². The normalized spacial score (nSPS) is 15.4. The minimum absolute atomic E-state index is 0.324. The highest BCUT2D eigenvalue weighted by Gasteiger charge is 2.30. The molecule has 4 rings (SSSR count). The smallest absolute Gasteiger partial charge is 0.243 e. The molecule has 3 heterocycles. The highest BCUT2D eigenvalue weighted by molar-refractivity contribution is 7.89. The summed E-state index contributed by atoms with van der Waals surface area (Å²) in [7, 11) is -2.01. The molecule has 11 heteroatoms. The van der Waals surface area contributed by atoms with E-state index in [9.17, 15) is 8.42 Å². The number of nitrogens with zero attached hydrogens (tertiary/aromatic N) is 7. The van der Waals surface area contributed by atoms with E-state index in [-0.39, 0.29) is 0 Å². The number of aryl methyl sites for hydroxylation is 2. The third kappa shape index (κ3) is 3.73. The number of piperazine rings is 1. The van der Waals surface area contributed by atoms with Gasteiger partial charge in [0.25, 0.3) is 0 Å². The Kier molecular flexibility index (Phi) is 5.39. The summed E-state index contributed by atoms with van der Waals surface area (Å²) in [4.78, 5) is 14.8. The van der Waals surface area contributed by atoms with Crippen LogP contribution in [0.3, 0.4) is 0 Å². The highest BCUT2D eigenvalue weighted by atomic mass is 32.2. The SMILES string of the molecule is COc1cc(C)c(S(=O)(=O)N2CCN(c3cc(-n4cncn4)ncn3)CC2)cc1C. The zero-order chi connectivity index (χ0) is 21.3. The number of sulfonamides is 1. The standard InChI is InChI=1S/C19H23N7O3S/c1-14-9-17(15(2)8-16(14)29-3)30(27,28)25-6-4-24(5-7-25)18-10-19(22-12-21-18)26-13-20-11-23-26/h8-13H,4-7H2,1-3H3. The molecule has 0 bridgehead atoms. The average Bonchev–Trinajstić information content (AvgIpc) is 3.30. The molecule has 0 spiro atoms. The van der Waals surface area contributed by atoms with Crippen molar-refractivity contribution in [1.82, 2.24) is 29.0 Å². The molecule has 1 aliphatic rings. The molecule has 1 fully saturated rings. The number of rotatable bonds is 5. The van der Waals surface area contributed by atoms with E-state index >= 15 is 0 Å². The number of ether oxygens (including phenoxy) is 1. The topological polar surface area (TPSA) is 106 Å². The van der Waals surface area contributed by atoms with E-state index in [4.69, 9.17) is 4.74 Å². The lowest BCUT2D eigenvalue weighted by Crippen LogP contribution is -2.49. The molecule has 0 unspecified atom stereocenters. The van der Waals surface area contributed by atoms with E-state index in [1.807, 2.05) is 17.9 Å². The fourth-order valence-electron chi connectivity index (χ4n) is 3.52. The van der Waals surface area contributed by atoms with E-state index in [0.717, 1.165) is 11.4 Å². The monoisotopic (exact) mass is 429 g/mol. The minimum atomic E-state index is -3.59. The minimum Gasteiger partial charge on any atom is -0.496 e. The third-order valence-corrected chi connectivity index (χ3v) is 7.21. The van der Waals surface area contributed by atoms with E-state index in [0.29, 0.717) is 48.2 Å². The second kappa shape index (κ2) is 8.00. The Bertz CT molecular complexity index is 1140. The summed E-state index contributed by atoms with van der Waals surface area (Å²) < 4.78 is 34.9. The zero-order valence-electron chi connectivity index (χ0n) is 17.1. The van der Waals surface area contributed by atoms with Gasteiger partial charge in [-0.05, 0) is 37.1 Å². The summed E-state index contributed by atoms with van der Waals surface area (Å²) in [6.07, 6.45) is 4.48. The first-order valence-corrected chi connectivity index (χ1v) is 10.9. The van der Waals surface area contributed by atoms with Gasteiger partial charge in [0.1, 0.15) is 30.5 Å². The fraction of sp³-hybridized carbons (Fsp3) is 0.368. The summed E-state index contributed by atoms with van der Waals surface area (Å²) in [6, 6.07) is 5.27. The predicted octanol–water partition coefficient (Wildman–Crippen LogP) is 1.19. The van der Waals surface area contributed by atoms with Gasteiger partial charge in [-0.2, -0.15) is 9.40 Å². The maximum atomic E-state index is 13.2. The van der Waals surface area contributed by atoms with Crippen molar-refractivity contribution < 1.29 is 13.2 Å². The second-order valence-electron chi connectivity index (χ2n) is 7.05. The molecule has 0 aliphatic carbocycles. The molecule has 0 amide bonds. The van der Waals surface area contributed by atoms with Crippen LogP contribution in [0, 0.1) is 13.8 Å². The number of anilines is 1. The molecule has 30 heavy (non-hydrogen) atoms. The first kappa shape index (κ1) is 20.2. The third-order valence-electron chi connectivity index (χ3n) is 5.16. The Balaban J connectivity index is 1.51. The van der Waals surface area contributed by atoms with Crippen LogP contribution >= 0.6 is 0 Å². The Morgan fingerprint density at radius 3 is 2.33 bits per heavy atom. The van der Waals surface area contributed by atoms with Crippen molar-refractivity contribution in [2.45, 2.75) is 18.7 Å². The van der Waals surface area contributed by atoms with Gasteiger partial charge >= 0.3 is 0 Å². The Hall–Kier alpha value is -3.05. The molecular weight excluding hydrogens is 406 g/mol. The van der Waals surface area contributed by atoms with Gasteiger partial charge in [-0.1, -0.05) is 0 Å². The van der Waals surface area contributed by atoms with E-state index in [2.05, 4.69) is 20.1 Å². The quantitative estimate of drug-likeness (QED) is 0.595. The van der Waals surface area contributed by atoms with E-state index in [1.54, 1.807) is 37.2 Å². The van der Waals surface area contributed by atoms with Crippen molar-refractivity contribution in [3.8, 4) is 11.6 Å². The summed E-state index contributed by atoms with van der Waals surface area (Å²) in [5.41, 5.74) is 1.47. The zero-order valence-corrected chi connectivity index (χ0v) is 17.9. The molecule has 0 radical (unpaired) electrons. The molecule has 1 aromatic carbocycles. The number of hydrogen-bond donors (Lipinski definition) is 0.